The number of nitrogens with zero attached hydrogens (tertiary/aromatic N) is 3. The lowest BCUT2D eigenvalue weighted by Crippen LogP contribution is -2.43. The quantitative estimate of drug-likeness (QED) is 0.0382. The van der Waals surface area contributed by atoms with Gasteiger partial charge in [-0.3, -0.25) is 33.1 Å². The van der Waals surface area contributed by atoms with Crippen LogP contribution in [-0.4, -0.2) is 75.7 Å². The number of aliphatic imine (C=N–C) groups is 1. The normalized spacial score (nSPS) is 11.6. The zero-order valence-electron chi connectivity index (χ0n) is 25.5. The number of amides is 3. The van der Waals surface area contributed by atoms with Crippen molar-refractivity contribution >= 4 is 54.4 Å². The Morgan fingerprint density at radius 2 is 1.72 bits per heavy atom. The van der Waals surface area contributed by atoms with E-state index in [2.05, 4.69) is 44.5 Å². The first-order chi connectivity index (χ1) is 22.0. The first-order valence-corrected chi connectivity index (χ1v) is 14.6. The van der Waals surface area contributed by atoms with E-state index in [1.54, 1.807) is 48.7 Å². The minimum Gasteiger partial charge on any atom is -0.481 e. The summed E-state index contributed by atoms with van der Waals surface area (Å²) in [5.74, 6) is -3.15. The third kappa shape index (κ3) is 10.4. The zero-order valence-corrected chi connectivity index (χ0v) is 26.4. The molecule has 0 spiro atoms. The molecule has 0 fully saturated rings. The Balaban J connectivity index is 0.00000361. The van der Waals surface area contributed by atoms with Crippen molar-refractivity contribution in [3.8, 4) is 22.5 Å². The molecule has 0 saturated carbocycles. The van der Waals surface area contributed by atoms with Crippen LogP contribution in [0.5, 0.6) is 0 Å². The van der Waals surface area contributed by atoms with E-state index in [0.717, 1.165) is 0 Å². The van der Waals surface area contributed by atoms with E-state index in [1.807, 2.05) is 6.07 Å². The molecule has 0 aliphatic heterocycles. The van der Waals surface area contributed by atoms with Crippen LogP contribution < -0.4 is 33.2 Å². The average molecular weight is 654 g/mol. The summed E-state index contributed by atoms with van der Waals surface area (Å²) in [7, 11) is 1.50. The van der Waals surface area contributed by atoms with Gasteiger partial charge in [0.2, 0.25) is 11.8 Å². The Bertz CT molecular complexity index is 1530. The van der Waals surface area contributed by atoms with Crippen molar-refractivity contribution in [2.45, 2.75) is 44.7 Å². The van der Waals surface area contributed by atoms with Crippen molar-refractivity contribution < 1.29 is 29.1 Å². The molecule has 16 heteroatoms. The van der Waals surface area contributed by atoms with Crippen LogP contribution in [-0.2, 0) is 19.2 Å². The van der Waals surface area contributed by atoms with Crippen LogP contribution in [0.4, 0.5) is 5.69 Å². The number of nitrogens with one attached hydrogen (secondary N) is 3. The highest BCUT2D eigenvalue weighted by Crippen LogP contribution is 2.43. The Kier molecular flexibility index (Phi) is 14.9. The second-order valence-electron chi connectivity index (χ2n) is 9.68. The van der Waals surface area contributed by atoms with Gasteiger partial charge in [0.1, 0.15) is 18.0 Å². The van der Waals surface area contributed by atoms with Gasteiger partial charge >= 0.3 is 5.97 Å². The molecule has 3 aromatic rings. The molecular formula is C30H39N9O6S. The average Bonchev–Trinajstić information content (AvgIpc) is 3.33. The number of carboxylic acids is 1. The molecule has 0 aliphatic rings. The van der Waals surface area contributed by atoms with E-state index in [1.165, 1.54) is 17.9 Å². The molecule has 2 aromatic heterocycles. The fourth-order valence-electron chi connectivity index (χ4n) is 4.43. The number of carboxylic acid groups (broad SMARTS) is 1. The highest BCUT2D eigenvalue weighted by Gasteiger charge is 2.32. The summed E-state index contributed by atoms with van der Waals surface area (Å²) in [6, 6.07) is 11.9. The van der Waals surface area contributed by atoms with Gasteiger partial charge in [0.15, 0.2) is 5.96 Å². The molecular weight excluding hydrogens is 614 g/mol. The summed E-state index contributed by atoms with van der Waals surface area (Å²) in [5, 5.41) is 17.0. The van der Waals surface area contributed by atoms with E-state index in [4.69, 9.17) is 16.6 Å². The van der Waals surface area contributed by atoms with Crippen LogP contribution in [0.2, 0.25) is 0 Å². The molecule has 2 unspecified atom stereocenters. The molecule has 2 atom stereocenters. The third-order valence-electron chi connectivity index (χ3n) is 6.37. The predicted molar refractivity (Wildman–Crippen MR) is 178 cm³/mol. The number of guanidine groups is 1. The van der Waals surface area contributed by atoms with Gasteiger partial charge in [0, 0.05) is 26.1 Å². The molecule has 3 amide bonds. The summed E-state index contributed by atoms with van der Waals surface area (Å²) >= 11 is 4.64. The number of rotatable bonds is 15. The van der Waals surface area contributed by atoms with Crippen molar-refractivity contribution in [1.29, 1.82) is 0 Å². The standard InChI is InChI=1S/C29H34N8O6S.CH5N/c1-17(39)34-21(11-7-15-33-29(30)31)27(42)36-24-23(20-10-5-6-14-32-20)25(18-8-3-2-4-9-18)37(44)26(24)28(43)35-19(16-38)12-13-22(40)41;1-2/h2-6,8-10,14,16,19,21,44H,7,11-13,15H2,1H3,(H,34,39)(H,35,43)(H,36,42)(H,40,41)(H4,30,31,33);2H2,1H3. The molecule has 3 rings (SSSR count). The minimum absolute atomic E-state index is 0.0162. The van der Waals surface area contributed by atoms with Crippen LogP contribution in [0.25, 0.3) is 22.5 Å². The summed E-state index contributed by atoms with van der Waals surface area (Å²) in [6.45, 7) is 1.48. The molecule has 0 aliphatic carbocycles. The van der Waals surface area contributed by atoms with E-state index < -0.39 is 35.8 Å². The number of benzene rings is 1. The van der Waals surface area contributed by atoms with Crippen molar-refractivity contribution in [3.05, 3.63) is 60.4 Å². The van der Waals surface area contributed by atoms with Crippen LogP contribution in [0.1, 0.15) is 43.1 Å². The number of nitrogens with two attached hydrogens (primary N) is 3. The lowest BCUT2D eigenvalue weighted by Gasteiger charge is -2.19. The molecule has 1 aromatic carbocycles. The SMILES string of the molecule is CC(=O)NC(CCCN=C(N)N)C(=O)Nc1c(-c2ccccn2)c(-c2ccccc2)n(S)c1C(=O)NC(C=O)CCC(=O)O.CN. The molecule has 46 heavy (non-hydrogen) atoms. The van der Waals surface area contributed by atoms with Gasteiger partial charge in [0.25, 0.3) is 5.91 Å². The van der Waals surface area contributed by atoms with E-state index in [-0.39, 0.29) is 43.1 Å². The number of aromatic nitrogens is 2. The minimum atomic E-state index is -1.13. The summed E-state index contributed by atoms with van der Waals surface area (Å²) in [4.78, 5) is 70.7. The first-order valence-electron chi connectivity index (χ1n) is 14.2. The van der Waals surface area contributed by atoms with Crippen molar-refractivity contribution in [2.75, 3.05) is 18.9 Å². The Hall–Kier alpha value is -5.22. The van der Waals surface area contributed by atoms with Crippen LogP contribution in [0.15, 0.2) is 59.7 Å². The number of aldehydes is 1. The number of aliphatic carboxylic acids is 1. The number of hydrogen-bond acceptors (Lipinski definition) is 9. The van der Waals surface area contributed by atoms with Gasteiger partial charge < -0.3 is 43.1 Å². The monoisotopic (exact) mass is 653 g/mol. The maximum absolute atomic E-state index is 13.8. The maximum Gasteiger partial charge on any atom is 0.303 e. The van der Waals surface area contributed by atoms with Crippen LogP contribution in [0, 0.1) is 0 Å². The second kappa shape index (κ2) is 18.6. The molecule has 246 valence electrons. The molecule has 10 N–H and O–H groups in total. The number of hydrogen-bond donors (Lipinski definition) is 8. The Labute approximate surface area is 271 Å². The largest absolute Gasteiger partial charge is 0.481 e. The number of pyridine rings is 1. The zero-order chi connectivity index (χ0) is 34.2. The smallest absolute Gasteiger partial charge is 0.303 e. The topological polar surface area (TPSA) is 250 Å². The first kappa shape index (κ1) is 37.0. The lowest BCUT2D eigenvalue weighted by atomic mass is 10.0. The van der Waals surface area contributed by atoms with Crippen molar-refractivity contribution in [1.82, 2.24) is 19.6 Å². The van der Waals surface area contributed by atoms with Gasteiger partial charge in [-0.1, -0.05) is 49.2 Å². The lowest BCUT2D eigenvalue weighted by molar-refractivity contribution is -0.137. The molecule has 2 heterocycles. The van der Waals surface area contributed by atoms with E-state index >= 15 is 0 Å². The van der Waals surface area contributed by atoms with E-state index in [0.29, 0.717) is 35.2 Å². The summed E-state index contributed by atoms with van der Waals surface area (Å²) in [6.07, 6.45) is 1.98. The van der Waals surface area contributed by atoms with Gasteiger partial charge in [-0.15, -0.1) is 0 Å². The van der Waals surface area contributed by atoms with Gasteiger partial charge in [-0.25, -0.2) is 0 Å². The van der Waals surface area contributed by atoms with E-state index in [9.17, 15) is 24.0 Å². The number of carbonyl (C=O) groups excluding carboxylic acids is 4. The number of anilines is 1. The molecule has 0 saturated heterocycles. The van der Waals surface area contributed by atoms with Crippen molar-refractivity contribution in [3.63, 3.8) is 0 Å². The summed E-state index contributed by atoms with van der Waals surface area (Å²) < 4.78 is 1.27. The van der Waals surface area contributed by atoms with Crippen LogP contribution >= 0.6 is 12.8 Å². The Morgan fingerprint density at radius 3 is 2.28 bits per heavy atom. The van der Waals surface area contributed by atoms with Gasteiger partial charge in [-0.05, 0) is 44.0 Å². The Morgan fingerprint density at radius 1 is 1.04 bits per heavy atom. The molecule has 0 bridgehead atoms. The van der Waals surface area contributed by atoms with Gasteiger partial charge in [0.05, 0.1) is 28.7 Å². The highest BCUT2D eigenvalue weighted by atomic mass is 32.1. The highest BCUT2D eigenvalue weighted by molar-refractivity contribution is 7.78. The maximum atomic E-state index is 13.8. The summed E-state index contributed by atoms with van der Waals surface area (Å²) in [5.41, 5.74) is 16.9. The number of thiol groups is 1. The fraction of sp³-hybridized carbons (Fsp3) is 0.300. The third-order valence-corrected chi connectivity index (χ3v) is 6.77. The molecule has 0 radical (unpaired) electrons. The van der Waals surface area contributed by atoms with Crippen LogP contribution in [0.3, 0.4) is 0 Å². The predicted octanol–water partition coefficient (Wildman–Crippen LogP) is 1.14. The second-order valence-corrected chi connectivity index (χ2v) is 10.1. The van der Waals surface area contributed by atoms with Crippen molar-refractivity contribution in [2.24, 2.45) is 22.2 Å². The molecule has 15 nitrogen and oxygen atoms in total. The fourth-order valence-corrected chi connectivity index (χ4v) is 4.84. The van der Waals surface area contributed by atoms with Gasteiger partial charge in [-0.2, -0.15) is 0 Å². The number of carbonyl (C=O) groups is 5.